The summed E-state index contributed by atoms with van der Waals surface area (Å²) in [6, 6.07) is 0.153. The van der Waals surface area contributed by atoms with E-state index in [1.165, 1.54) is 12.4 Å². The van der Waals surface area contributed by atoms with E-state index in [1.54, 1.807) is 28.3 Å². The van der Waals surface area contributed by atoms with Crippen LogP contribution in [-0.2, 0) is 0 Å². The van der Waals surface area contributed by atoms with Crippen molar-refractivity contribution >= 4 is 5.91 Å². The Hall–Kier alpha value is -2.31. The lowest BCUT2D eigenvalue weighted by Crippen LogP contribution is -2.30. The highest BCUT2D eigenvalue weighted by Crippen LogP contribution is 2.20. The van der Waals surface area contributed by atoms with Crippen LogP contribution in [0, 0.1) is 0 Å². The molecule has 92 valence electrons. The fourth-order valence-electron chi connectivity index (χ4n) is 2.10. The third kappa shape index (κ3) is 1.94. The lowest BCUT2D eigenvalue weighted by molar-refractivity contribution is 0.0780. The van der Waals surface area contributed by atoms with Crippen molar-refractivity contribution in [2.75, 3.05) is 13.1 Å². The maximum Gasteiger partial charge on any atom is 0.274 e. The van der Waals surface area contributed by atoms with E-state index in [-0.39, 0.29) is 11.9 Å². The molecule has 0 unspecified atom stereocenters. The standard InChI is InChI=1S/C11H12N6O/c18-11(10-7-12-2-3-13-10)16-6-1-9(8-16)17-14-4-5-15-17/h2-5,7,9H,1,6,8H2/t9-/m0/s1. The smallest absolute Gasteiger partial charge is 0.274 e. The minimum Gasteiger partial charge on any atom is -0.335 e. The maximum atomic E-state index is 12.1. The SMILES string of the molecule is O=C(c1cnccn1)N1CC[C@H](n2nccn2)C1. The number of nitrogens with zero attached hydrogens (tertiary/aromatic N) is 6. The Balaban J connectivity index is 1.71. The maximum absolute atomic E-state index is 12.1. The Labute approximate surface area is 103 Å². The van der Waals surface area contributed by atoms with Gasteiger partial charge in [0.25, 0.3) is 5.91 Å². The topological polar surface area (TPSA) is 76.8 Å². The lowest BCUT2D eigenvalue weighted by Gasteiger charge is -2.15. The highest BCUT2D eigenvalue weighted by molar-refractivity contribution is 5.92. The fraction of sp³-hybridized carbons (Fsp3) is 0.364. The summed E-state index contributed by atoms with van der Waals surface area (Å²) in [7, 11) is 0. The predicted molar refractivity (Wildman–Crippen MR) is 61.6 cm³/mol. The summed E-state index contributed by atoms with van der Waals surface area (Å²) >= 11 is 0. The molecule has 18 heavy (non-hydrogen) atoms. The fourth-order valence-corrected chi connectivity index (χ4v) is 2.10. The Morgan fingerprint density at radius 1 is 1.22 bits per heavy atom. The van der Waals surface area contributed by atoms with Crippen molar-refractivity contribution in [1.29, 1.82) is 0 Å². The van der Waals surface area contributed by atoms with Crippen LogP contribution in [0.3, 0.4) is 0 Å². The van der Waals surface area contributed by atoms with Gasteiger partial charge in [-0.2, -0.15) is 15.0 Å². The first-order valence-corrected chi connectivity index (χ1v) is 5.75. The largest absolute Gasteiger partial charge is 0.335 e. The number of likely N-dealkylation sites (tertiary alicyclic amines) is 1. The molecule has 1 saturated heterocycles. The molecule has 1 aliphatic rings. The second-order valence-electron chi connectivity index (χ2n) is 4.13. The number of amides is 1. The highest BCUT2D eigenvalue weighted by atomic mass is 16.2. The van der Waals surface area contributed by atoms with Crippen LogP contribution in [0.2, 0.25) is 0 Å². The molecular formula is C11H12N6O. The molecule has 0 bridgehead atoms. The predicted octanol–water partition coefficient (Wildman–Crippen LogP) is 0.155. The summed E-state index contributed by atoms with van der Waals surface area (Å²) in [6.45, 7) is 1.31. The van der Waals surface area contributed by atoms with Crippen molar-refractivity contribution in [1.82, 2.24) is 29.9 Å². The third-order valence-electron chi connectivity index (χ3n) is 3.00. The second-order valence-corrected chi connectivity index (χ2v) is 4.13. The van der Waals surface area contributed by atoms with Gasteiger partial charge in [-0.25, -0.2) is 4.98 Å². The molecule has 0 radical (unpaired) electrons. The van der Waals surface area contributed by atoms with Gasteiger partial charge in [-0.3, -0.25) is 9.78 Å². The molecule has 7 nitrogen and oxygen atoms in total. The van der Waals surface area contributed by atoms with Crippen LogP contribution in [0.1, 0.15) is 23.0 Å². The van der Waals surface area contributed by atoms with Gasteiger partial charge in [-0.15, -0.1) is 0 Å². The van der Waals surface area contributed by atoms with Gasteiger partial charge in [0.15, 0.2) is 0 Å². The van der Waals surface area contributed by atoms with Gasteiger partial charge in [0, 0.05) is 25.5 Å². The van der Waals surface area contributed by atoms with Crippen LogP contribution in [0.4, 0.5) is 0 Å². The average Bonchev–Trinajstić information content (AvgIpc) is 3.09. The number of aromatic nitrogens is 5. The van der Waals surface area contributed by atoms with Crippen LogP contribution in [-0.4, -0.2) is 48.9 Å². The Morgan fingerprint density at radius 2 is 2.06 bits per heavy atom. The van der Waals surface area contributed by atoms with Gasteiger partial charge in [0.1, 0.15) is 5.69 Å². The van der Waals surface area contributed by atoms with Gasteiger partial charge in [0.05, 0.1) is 24.6 Å². The Bertz CT molecular complexity index is 526. The number of rotatable bonds is 2. The summed E-state index contributed by atoms with van der Waals surface area (Å²) in [4.78, 5) is 23.5. The molecule has 7 heteroatoms. The van der Waals surface area contributed by atoms with Crippen LogP contribution in [0.5, 0.6) is 0 Å². The van der Waals surface area contributed by atoms with Gasteiger partial charge >= 0.3 is 0 Å². The van der Waals surface area contributed by atoms with Crippen LogP contribution < -0.4 is 0 Å². The Morgan fingerprint density at radius 3 is 2.78 bits per heavy atom. The number of hydrogen-bond acceptors (Lipinski definition) is 5. The number of carbonyl (C=O) groups is 1. The summed E-state index contributed by atoms with van der Waals surface area (Å²) in [5.74, 6) is -0.0854. The molecule has 0 N–H and O–H groups in total. The van der Waals surface area contributed by atoms with E-state index in [1.807, 2.05) is 0 Å². The normalized spacial score (nSPS) is 19.1. The first-order chi connectivity index (χ1) is 8.84. The van der Waals surface area contributed by atoms with E-state index in [9.17, 15) is 4.79 Å². The number of carbonyl (C=O) groups excluding carboxylic acids is 1. The molecule has 3 heterocycles. The van der Waals surface area contributed by atoms with Gasteiger partial charge in [-0.05, 0) is 6.42 Å². The molecule has 0 saturated carbocycles. The Kier molecular flexibility index (Phi) is 2.71. The minimum absolute atomic E-state index is 0.0854. The zero-order valence-electron chi connectivity index (χ0n) is 9.68. The molecule has 0 aliphatic carbocycles. The highest BCUT2D eigenvalue weighted by Gasteiger charge is 2.29. The third-order valence-corrected chi connectivity index (χ3v) is 3.00. The molecule has 2 aromatic heterocycles. The molecule has 2 aromatic rings. The van der Waals surface area contributed by atoms with E-state index in [2.05, 4.69) is 20.2 Å². The van der Waals surface area contributed by atoms with Gasteiger partial charge in [-0.1, -0.05) is 0 Å². The molecule has 0 spiro atoms. The van der Waals surface area contributed by atoms with Crippen molar-refractivity contribution in [2.24, 2.45) is 0 Å². The molecule has 1 aliphatic heterocycles. The lowest BCUT2D eigenvalue weighted by atomic mass is 10.3. The monoisotopic (exact) mass is 244 g/mol. The summed E-state index contributed by atoms with van der Waals surface area (Å²) in [6.07, 6.45) is 8.72. The summed E-state index contributed by atoms with van der Waals surface area (Å²) in [5.41, 5.74) is 0.381. The van der Waals surface area contributed by atoms with E-state index in [0.717, 1.165) is 6.42 Å². The minimum atomic E-state index is -0.0854. The van der Waals surface area contributed by atoms with Gasteiger partial charge in [0.2, 0.25) is 0 Å². The zero-order chi connectivity index (χ0) is 12.4. The van der Waals surface area contributed by atoms with Crippen LogP contribution in [0.25, 0.3) is 0 Å². The van der Waals surface area contributed by atoms with Crippen molar-refractivity contribution in [3.05, 3.63) is 36.7 Å². The summed E-state index contributed by atoms with van der Waals surface area (Å²) < 4.78 is 0. The molecule has 1 amide bonds. The summed E-state index contributed by atoms with van der Waals surface area (Å²) in [5, 5.41) is 8.21. The van der Waals surface area contributed by atoms with Crippen molar-refractivity contribution < 1.29 is 4.79 Å². The molecule has 1 fully saturated rings. The molecule has 0 aromatic carbocycles. The molecular weight excluding hydrogens is 232 g/mol. The zero-order valence-corrected chi connectivity index (χ0v) is 9.68. The quantitative estimate of drug-likeness (QED) is 0.751. The molecule has 1 atom stereocenters. The molecule has 3 rings (SSSR count). The second kappa shape index (κ2) is 4.52. The number of hydrogen-bond donors (Lipinski definition) is 0. The van der Waals surface area contributed by atoms with E-state index < -0.39 is 0 Å². The van der Waals surface area contributed by atoms with E-state index in [4.69, 9.17) is 0 Å². The average molecular weight is 244 g/mol. The van der Waals surface area contributed by atoms with E-state index >= 15 is 0 Å². The van der Waals surface area contributed by atoms with E-state index in [0.29, 0.717) is 18.8 Å². The first kappa shape index (κ1) is 10.8. The van der Waals surface area contributed by atoms with Crippen LogP contribution in [0.15, 0.2) is 31.0 Å². The van der Waals surface area contributed by atoms with Crippen molar-refractivity contribution in [2.45, 2.75) is 12.5 Å². The van der Waals surface area contributed by atoms with Crippen molar-refractivity contribution in [3.8, 4) is 0 Å². The first-order valence-electron chi connectivity index (χ1n) is 5.75. The van der Waals surface area contributed by atoms with Gasteiger partial charge < -0.3 is 4.90 Å². The van der Waals surface area contributed by atoms with Crippen LogP contribution >= 0.6 is 0 Å². The van der Waals surface area contributed by atoms with Crippen molar-refractivity contribution in [3.63, 3.8) is 0 Å².